The Balaban J connectivity index is 0.00000176. The third kappa shape index (κ3) is 4.45. The normalized spacial score (nSPS) is 24.0. The number of ether oxygens (including phenoxy) is 1. The summed E-state index contributed by atoms with van der Waals surface area (Å²) in [5, 5.41) is 6.45. The molecule has 0 saturated carbocycles. The van der Waals surface area contributed by atoms with Crippen LogP contribution in [0.1, 0.15) is 36.5 Å². The lowest BCUT2D eigenvalue weighted by atomic mass is 9.95. The predicted octanol–water partition coefficient (Wildman–Crippen LogP) is 2.23. The summed E-state index contributed by atoms with van der Waals surface area (Å²) in [7, 11) is 0. The van der Waals surface area contributed by atoms with Crippen LogP contribution in [0.4, 0.5) is 0 Å². The first-order valence-electron chi connectivity index (χ1n) is 8.00. The lowest BCUT2D eigenvalue weighted by molar-refractivity contribution is -0.124. The van der Waals surface area contributed by atoms with Crippen molar-refractivity contribution >= 4 is 18.3 Å². The molecule has 1 aromatic rings. The fourth-order valence-corrected chi connectivity index (χ4v) is 3.24. The van der Waals surface area contributed by atoms with Crippen LogP contribution >= 0.6 is 12.4 Å². The molecule has 1 saturated heterocycles. The molecule has 122 valence electrons. The molecule has 1 aromatic carbocycles. The Morgan fingerprint density at radius 2 is 2.23 bits per heavy atom. The number of rotatable bonds is 4. The highest BCUT2D eigenvalue weighted by atomic mass is 35.5. The zero-order valence-corrected chi connectivity index (χ0v) is 13.7. The van der Waals surface area contributed by atoms with Gasteiger partial charge in [0.1, 0.15) is 0 Å². The molecule has 0 spiro atoms. The van der Waals surface area contributed by atoms with E-state index in [4.69, 9.17) is 4.74 Å². The van der Waals surface area contributed by atoms with Crippen molar-refractivity contribution < 1.29 is 9.53 Å². The number of hydrogen-bond acceptors (Lipinski definition) is 3. The molecule has 2 N–H and O–H groups in total. The number of benzene rings is 1. The van der Waals surface area contributed by atoms with Crippen molar-refractivity contribution in [2.24, 2.45) is 5.92 Å². The van der Waals surface area contributed by atoms with Crippen molar-refractivity contribution in [1.29, 1.82) is 0 Å². The third-order valence-corrected chi connectivity index (χ3v) is 4.45. The average Bonchev–Trinajstić information content (AvgIpc) is 2.54. The van der Waals surface area contributed by atoms with Gasteiger partial charge < -0.3 is 15.4 Å². The molecular weight excluding hydrogens is 300 g/mol. The minimum Gasteiger partial charge on any atom is -0.373 e. The Morgan fingerprint density at radius 3 is 3.05 bits per heavy atom. The first-order valence-corrected chi connectivity index (χ1v) is 8.00. The maximum absolute atomic E-state index is 12.2. The largest absolute Gasteiger partial charge is 0.373 e. The van der Waals surface area contributed by atoms with E-state index >= 15 is 0 Å². The second-order valence-electron chi connectivity index (χ2n) is 6.03. The first kappa shape index (κ1) is 17.3. The SMILES string of the molecule is Cl.O=C(CC1OCCc2ccccc21)NCC1CCCNC1. The summed E-state index contributed by atoms with van der Waals surface area (Å²) in [5.74, 6) is 0.671. The van der Waals surface area contributed by atoms with Gasteiger partial charge in [0.15, 0.2) is 0 Å². The number of nitrogens with one attached hydrogen (secondary N) is 2. The predicted molar refractivity (Wildman–Crippen MR) is 89.3 cm³/mol. The standard InChI is InChI=1S/C17H24N2O2.ClH/c20-17(19-12-13-4-3-8-18-11-13)10-16-15-6-2-1-5-14(15)7-9-21-16;/h1-2,5-6,13,16,18H,3-4,7-12H2,(H,19,20);1H. The van der Waals surface area contributed by atoms with Gasteiger partial charge >= 0.3 is 0 Å². The summed E-state index contributed by atoms with van der Waals surface area (Å²) in [6.45, 7) is 3.61. The summed E-state index contributed by atoms with van der Waals surface area (Å²) in [4.78, 5) is 12.2. The number of halogens is 1. The summed E-state index contributed by atoms with van der Waals surface area (Å²) in [6, 6.07) is 8.29. The van der Waals surface area contributed by atoms with Gasteiger partial charge in [-0.05, 0) is 49.4 Å². The molecule has 2 atom stereocenters. The molecule has 0 aromatic heterocycles. The van der Waals surface area contributed by atoms with Crippen LogP contribution in [0.15, 0.2) is 24.3 Å². The molecule has 2 unspecified atom stereocenters. The molecule has 22 heavy (non-hydrogen) atoms. The molecule has 4 nitrogen and oxygen atoms in total. The van der Waals surface area contributed by atoms with Crippen LogP contribution in [-0.2, 0) is 16.0 Å². The molecule has 2 aliphatic heterocycles. The maximum Gasteiger partial charge on any atom is 0.222 e. The molecule has 0 radical (unpaired) electrons. The van der Waals surface area contributed by atoms with Crippen LogP contribution in [-0.4, -0.2) is 32.1 Å². The van der Waals surface area contributed by atoms with Gasteiger partial charge in [0.05, 0.1) is 19.1 Å². The number of carbonyl (C=O) groups excluding carboxylic acids is 1. The molecule has 2 heterocycles. The van der Waals surface area contributed by atoms with Crippen LogP contribution in [0.3, 0.4) is 0 Å². The second kappa shape index (κ2) is 8.51. The monoisotopic (exact) mass is 324 g/mol. The van der Waals surface area contributed by atoms with Gasteiger partial charge in [-0.15, -0.1) is 12.4 Å². The Hall–Kier alpha value is -1.10. The number of piperidine rings is 1. The molecule has 2 aliphatic rings. The summed E-state index contributed by atoms with van der Waals surface area (Å²) < 4.78 is 5.79. The van der Waals surface area contributed by atoms with Crippen LogP contribution < -0.4 is 10.6 Å². The van der Waals surface area contributed by atoms with Crippen LogP contribution in [0.2, 0.25) is 0 Å². The zero-order chi connectivity index (χ0) is 14.5. The fraction of sp³-hybridized carbons (Fsp3) is 0.588. The number of fused-ring (bicyclic) bond motifs is 1. The van der Waals surface area contributed by atoms with Crippen molar-refractivity contribution in [3.63, 3.8) is 0 Å². The van der Waals surface area contributed by atoms with Crippen molar-refractivity contribution in [2.45, 2.75) is 31.8 Å². The number of amides is 1. The van der Waals surface area contributed by atoms with Crippen LogP contribution in [0, 0.1) is 5.92 Å². The Morgan fingerprint density at radius 1 is 1.36 bits per heavy atom. The van der Waals surface area contributed by atoms with Gasteiger partial charge in [-0.25, -0.2) is 0 Å². The fourth-order valence-electron chi connectivity index (χ4n) is 3.24. The highest BCUT2D eigenvalue weighted by Gasteiger charge is 2.23. The van der Waals surface area contributed by atoms with E-state index in [1.165, 1.54) is 24.0 Å². The summed E-state index contributed by atoms with van der Waals surface area (Å²) >= 11 is 0. The molecule has 1 amide bonds. The number of carbonyl (C=O) groups is 1. The smallest absolute Gasteiger partial charge is 0.222 e. The summed E-state index contributed by atoms with van der Waals surface area (Å²) in [5.41, 5.74) is 2.50. The minimum atomic E-state index is -0.0839. The van der Waals surface area contributed by atoms with Gasteiger partial charge in [0.2, 0.25) is 5.91 Å². The molecule has 1 fully saturated rings. The van der Waals surface area contributed by atoms with Crippen molar-refractivity contribution in [2.75, 3.05) is 26.2 Å². The Bertz CT molecular complexity index is 489. The Labute approximate surface area is 138 Å². The van der Waals surface area contributed by atoms with E-state index < -0.39 is 0 Å². The minimum absolute atomic E-state index is 0. The maximum atomic E-state index is 12.2. The van der Waals surface area contributed by atoms with E-state index in [9.17, 15) is 4.79 Å². The van der Waals surface area contributed by atoms with Gasteiger partial charge in [-0.2, -0.15) is 0 Å². The number of hydrogen-bond donors (Lipinski definition) is 2. The highest BCUT2D eigenvalue weighted by Crippen LogP contribution is 2.29. The van der Waals surface area contributed by atoms with Gasteiger partial charge in [0.25, 0.3) is 0 Å². The summed E-state index contributed by atoms with van der Waals surface area (Å²) in [6.07, 6.45) is 3.70. The van der Waals surface area contributed by atoms with Crippen LogP contribution in [0.25, 0.3) is 0 Å². The lowest BCUT2D eigenvalue weighted by Gasteiger charge is -2.26. The molecular formula is C17H25ClN2O2. The van der Waals surface area contributed by atoms with E-state index in [0.717, 1.165) is 26.1 Å². The van der Waals surface area contributed by atoms with E-state index in [1.54, 1.807) is 0 Å². The van der Waals surface area contributed by atoms with Crippen molar-refractivity contribution in [1.82, 2.24) is 10.6 Å². The quantitative estimate of drug-likeness (QED) is 0.893. The van der Waals surface area contributed by atoms with E-state index in [-0.39, 0.29) is 24.4 Å². The van der Waals surface area contributed by atoms with E-state index in [1.807, 2.05) is 6.07 Å². The Kier molecular flexibility index (Phi) is 6.68. The first-order chi connectivity index (χ1) is 10.3. The zero-order valence-electron chi connectivity index (χ0n) is 12.8. The second-order valence-corrected chi connectivity index (χ2v) is 6.03. The average molecular weight is 325 g/mol. The highest BCUT2D eigenvalue weighted by molar-refractivity contribution is 5.85. The van der Waals surface area contributed by atoms with E-state index in [0.29, 0.717) is 18.9 Å². The van der Waals surface area contributed by atoms with Crippen molar-refractivity contribution in [3.05, 3.63) is 35.4 Å². The van der Waals surface area contributed by atoms with Crippen LogP contribution in [0.5, 0.6) is 0 Å². The lowest BCUT2D eigenvalue weighted by Crippen LogP contribution is -2.38. The third-order valence-electron chi connectivity index (χ3n) is 4.45. The van der Waals surface area contributed by atoms with E-state index in [2.05, 4.69) is 28.8 Å². The molecule has 5 heteroatoms. The molecule has 3 rings (SSSR count). The van der Waals surface area contributed by atoms with Gasteiger partial charge in [-0.3, -0.25) is 4.79 Å². The topological polar surface area (TPSA) is 50.4 Å². The molecule has 0 aliphatic carbocycles. The van der Waals surface area contributed by atoms with Gasteiger partial charge in [0, 0.05) is 6.54 Å². The molecule has 0 bridgehead atoms. The van der Waals surface area contributed by atoms with Gasteiger partial charge in [-0.1, -0.05) is 24.3 Å². The van der Waals surface area contributed by atoms with Crippen molar-refractivity contribution in [3.8, 4) is 0 Å².